The Morgan fingerprint density at radius 2 is 2.19 bits per heavy atom. The predicted octanol–water partition coefficient (Wildman–Crippen LogP) is 1.76. The average molecular weight is 220 g/mol. The number of methoxy groups -OCH3 is 1. The first-order chi connectivity index (χ1) is 7.83. The average Bonchev–Trinajstić information content (AvgIpc) is 3.06. The molecule has 0 spiro atoms. The molecule has 1 aliphatic carbocycles. The molecule has 0 amide bonds. The van der Waals surface area contributed by atoms with Gasteiger partial charge < -0.3 is 14.3 Å². The first-order valence-electron chi connectivity index (χ1n) is 5.41. The molecule has 16 heavy (non-hydrogen) atoms. The third-order valence-electron chi connectivity index (χ3n) is 3.21. The quantitative estimate of drug-likeness (QED) is 0.416. The van der Waals surface area contributed by atoms with Crippen LogP contribution in [0.4, 0.5) is 0 Å². The molecule has 1 aromatic carbocycles. The van der Waals surface area contributed by atoms with E-state index in [0.717, 1.165) is 12.7 Å². The van der Waals surface area contributed by atoms with Crippen molar-refractivity contribution in [3.63, 3.8) is 0 Å². The fourth-order valence-corrected chi connectivity index (χ4v) is 2.17. The highest BCUT2D eigenvalue weighted by atomic mass is 16.7. The summed E-state index contributed by atoms with van der Waals surface area (Å²) in [5.41, 5.74) is 1.07. The lowest BCUT2D eigenvalue weighted by Gasteiger charge is -2.16. The van der Waals surface area contributed by atoms with Gasteiger partial charge in [-0.05, 0) is 12.0 Å². The lowest BCUT2D eigenvalue weighted by atomic mass is 9.94. The Balaban J connectivity index is 2.09. The van der Waals surface area contributed by atoms with E-state index in [0.29, 0.717) is 6.61 Å². The van der Waals surface area contributed by atoms with Crippen LogP contribution >= 0.6 is 0 Å². The van der Waals surface area contributed by atoms with Crippen LogP contribution in [0.1, 0.15) is 12.0 Å². The minimum absolute atomic E-state index is 0.0896. The van der Waals surface area contributed by atoms with Crippen LogP contribution in [-0.4, -0.2) is 26.8 Å². The van der Waals surface area contributed by atoms with Crippen molar-refractivity contribution < 1.29 is 14.3 Å². The summed E-state index contributed by atoms with van der Waals surface area (Å²) >= 11 is 0. The van der Waals surface area contributed by atoms with Crippen molar-refractivity contribution in [1.82, 2.24) is 0 Å². The third kappa shape index (κ3) is 2.01. The number of hydrogen-bond acceptors (Lipinski definition) is 3. The number of ether oxygens (including phenoxy) is 2. The van der Waals surface area contributed by atoms with Crippen LogP contribution in [0.5, 0.6) is 0 Å². The summed E-state index contributed by atoms with van der Waals surface area (Å²) in [6.07, 6.45) is 1.91. The molecule has 0 aromatic heterocycles. The van der Waals surface area contributed by atoms with Crippen LogP contribution in [0.3, 0.4) is 0 Å². The molecule has 0 aliphatic heterocycles. The Morgan fingerprint density at radius 1 is 1.44 bits per heavy atom. The molecule has 0 N–H and O–H groups in total. The number of carbonyl (C=O) groups excluding carboxylic acids is 1. The summed E-state index contributed by atoms with van der Waals surface area (Å²) in [6, 6.07) is 10.1. The number of aldehydes is 1. The largest absolute Gasteiger partial charge is 0.359 e. The van der Waals surface area contributed by atoms with E-state index in [4.69, 9.17) is 9.47 Å². The van der Waals surface area contributed by atoms with Crippen molar-refractivity contribution in [3.8, 4) is 0 Å². The Hall–Kier alpha value is -1.19. The highest BCUT2D eigenvalue weighted by molar-refractivity contribution is 5.64. The summed E-state index contributed by atoms with van der Waals surface area (Å²) in [7, 11) is 1.60. The topological polar surface area (TPSA) is 35.5 Å². The van der Waals surface area contributed by atoms with Gasteiger partial charge in [0.05, 0.1) is 6.61 Å². The van der Waals surface area contributed by atoms with Crippen molar-refractivity contribution in [3.05, 3.63) is 35.9 Å². The summed E-state index contributed by atoms with van der Waals surface area (Å²) < 4.78 is 10.3. The number of benzene rings is 1. The second-order valence-electron chi connectivity index (χ2n) is 4.22. The molecule has 0 radical (unpaired) electrons. The van der Waals surface area contributed by atoms with E-state index < -0.39 is 0 Å². The molecule has 3 heteroatoms. The van der Waals surface area contributed by atoms with E-state index in [2.05, 4.69) is 12.1 Å². The summed E-state index contributed by atoms with van der Waals surface area (Å²) in [6.45, 7) is 0.828. The van der Waals surface area contributed by atoms with Crippen molar-refractivity contribution in [2.75, 3.05) is 20.5 Å². The smallest absolute Gasteiger partial charge is 0.146 e. The standard InChI is InChI=1S/C13H16O3/c1-15-10-16-9-13(7-12(13)8-14)11-5-3-2-4-6-11/h2-6,8,12H,7,9-10H2,1H3/t12-,13+/m0/s1. The molecular weight excluding hydrogens is 204 g/mol. The van der Waals surface area contributed by atoms with Crippen LogP contribution in [-0.2, 0) is 19.7 Å². The lowest BCUT2D eigenvalue weighted by molar-refractivity contribution is -0.109. The van der Waals surface area contributed by atoms with Gasteiger partial charge in [-0.1, -0.05) is 30.3 Å². The molecule has 1 aromatic rings. The highest BCUT2D eigenvalue weighted by Gasteiger charge is 2.55. The van der Waals surface area contributed by atoms with E-state index in [1.54, 1.807) is 7.11 Å². The fourth-order valence-electron chi connectivity index (χ4n) is 2.17. The first-order valence-corrected chi connectivity index (χ1v) is 5.41. The van der Waals surface area contributed by atoms with E-state index in [9.17, 15) is 4.79 Å². The van der Waals surface area contributed by atoms with Gasteiger partial charge in [-0.2, -0.15) is 0 Å². The molecule has 0 heterocycles. The van der Waals surface area contributed by atoms with Crippen molar-refractivity contribution in [2.24, 2.45) is 5.92 Å². The zero-order valence-corrected chi connectivity index (χ0v) is 9.39. The van der Waals surface area contributed by atoms with Crippen LogP contribution in [0.25, 0.3) is 0 Å². The number of carbonyl (C=O) groups is 1. The summed E-state index contributed by atoms with van der Waals surface area (Å²) in [5.74, 6) is 0.0896. The highest BCUT2D eigenvalue weighted by Crippen LogP contribution is 2.53. The van der Waals surface area contributed by atoms with Crippen LogP contribution in [0, 0.1) is 5.92 Å². The molecule has 0 bridgehead atoms. The zero-order chi connectivity index (χ0) is 11.4. The molecule has 2 atom stereocenters. The van der Waals surface area contributed by atoms with E-state index >= 15 is 0 Å². The second kappa shape index (κ2) is 4.76. The Labute approximate surface area is 95.4 Å². The van der Waals surface area contributed by atoms with E-state index in [1.807, 2.05) is 18.2 Å². The monoisotopic (exact) mass is 220 g/mol. The Morgan fingerprint density at radius 3 is 2.75 bits per heavy atom. The molecule has 0 unspecified atom stereocenters. The predicted molar refractivity (Wildman–Crippen MR) is 60.1 cm³/mol. The minimum atomic E-state index is -0.110. The molecular formula is C13H16O3. The molecule has 0 saturated heterocycles. The summed E-state index contributed by atoms with van der Waals surface area (Å²) in [5, 5.41) is 0. The first kappa shape index (κ1) is 11.3. The van der Waals surface area contributed by atoms with E-state index in [-0.39, 0.29) is 18.1 Å². The van der Waals surface area contributed by atoms with Gasteiger partial charge in [0.15, 0.2) is 0 Å². The number of hydrogen-bond donors (Lipinski definition) is 0. The van der Waals surface area contributed by atoms with Crippen molar-refractivity contribution in [1.29, 1.82) is 0 Å². The minimum Gasteiger partial charge on any atom is -0.359 e. The lowest BCUT2D eigenvalue weighted by Crippen LogP contribution is -2.19. The number of rotatable bonds is 6. The molecule has 86 valence electrons. The van der Waals surface area contributed by atoms with Crippen molar-refractivity contribution in [2.45, 2.75) is 11.8 Å². The maximum atomic E-state index is 10.9. The fraction of sp³-hybridized carbons (Fsp3) is 0.462. The molecule has 3 nitrogen and oxygen atoms in total. The van der Waals surface area contributed by atoms with E-state index in [1.165, 1.54) is 5.56 Å². The molecule has 2 rings (SSSR count). The van der Waals surface area contributed by atoms with Crippen LogP contribution in [0.2, 0.25) is 0 Å². The molecule has 1 fully saturated rings. The summed E-state index contributed by atoms with van der Waals surface area (Å²) in [4.78, 5) is 10.9. The maximum absolute atomic E-state index is 10.9. The SMILES string of the molecule is COCOC[C@@]1(c2ccccc2)C[C@H]1C=O. The van der Waals surface area contributed by atoms with Gasteiger partial charge >= 0.3 is 0 Å². The van der Waals surface area contributed by atoms with Gasteiger partial charge in [0.1, 0.15) is 13.1 Å². The van der Waals surface area contributed by atoms with Gasteiger partial charge in [0, 0.05) is 18.4 Å². The Kier molecular flexibility index (Phi) is 3.36. The zero-order valence-electron chi connectivity index (χ0n) is 9.39. The maximum Gasteiger partial charge on any atom is 0.146 e. The van der Waals surface area contributed by atoms with Crippen LogP contribution < -0.4 is 0 Å². The molecule has 1 aliphatic rings. The van der Waals surface area contributed by atoms with Crippen LogP contribution in [0.15, 0.2) is 30.3 Å². The van der Waals surface area contributed by atoms with Gasteiger partial charge in [0.2, 0.25) is 0 Å². The second-order valence-corrected chi connectivity index (χ2v) is 4.22. The van der Waals surface area contributed by atoms with Gasteiger partial charge in [-0.25, -0.2) is 0 Å². The third-order valence-corrected chi connectivity index (χ3v) is 3.21. The van der Waals surface area contributed by atoms with Gasteiger partial charge in [-0.15, -0.1) is 0 Å². The normalized spacial score (nSPS) is 27.7. The van der Waals surface area contributed by atoms with Gasteiger partial charge in [0.25, 0.3) is 0 Å². The Bertz CT molecular complexity index is 349. The van der Waals surface area contributed by atoms with Gasteiger partial charge in [-0.3, -0.25) is 0 Å². The molecule has 1 saturated carbocycles. The van der Waals surface area contributed by atoms with Crippen molar-refractivity contribution >= 4 is 6.29 Å².